The molecule has 0 radical (unpaired) electrons. The molecule has 0 aromatic heterocycles. The molecule has 5 heteroatoms. The summed E-state index contributed by atoms with van der Waals surface area (Å²) in [5.74, 6) is -0.216. The van der Waals surface area contributed by atoms with Crippen LogP contribution in [0.5, 0.6) is 0 Å². The zero-order valence-corrected chi connectivity index (χ0v) is 9.18. The second-order valence-electron chi connectivity index (χ2n) is 4.29. The van der Waals surface area contributed by atoms with Crippen molar-refractivity contribution in [3.63, 3.8) is 0 Å². The average Bonchev–Trinajstić information content (AvgIpc) is 2.88. The van der Waals surface area contributed by atoms with Gasteiger partial charge in [-0.05, 0) is 12.1 Å². The third kappa shape index (κ3) is 1.43. The number of nitrogens with one attached hydrogen (secondary N) is 1. The monoisotopic (exact) mass is 232 g/mol. The Morgan fingerprint density at radius 2 is 2.00 bits per heavy atom. The lowest BCUT2D eigenvalue weighted by Gasteiger charge is -2.18. The van der Waals surface area contributed by atoms with Gasteiger partial charge in [-0.15, -0.1) is 0 Å². The van der Waals surface area contributed by atoms with Crippen molar-refractivity contribution < 1.29 is 14.3 Å². The quantitative estimate of drug-likeness (QED) is 0.732. The Morgan fingerprint density at radius 3 is 2.65 bits per heavy atom. The third-order valence-electron chi connectivity index (χ3n) is 3.20. The predicted molar refractivity (Wildman–Crippen MR) is 60.6 cm³/mol. The fourth-order valence-corrected chi connectivity index (χ4v) is 2.26. The zero-order valence-electron chi connectivity index (χ0n) is 9.18. The molecule has 88 valence electrons. The molecule has 1 unspecified atom stereocenters. The topological polar surface area (TPSA) is 58.6 Å². The van der Waals surface area contributed by atoms with E-state index in [9.17, 15) is 9.59 Å². The van der Waals surface area contributed by atoms with Crippen molar-refractivity contribution in [2.45, 2.75) is 12.0 Å². The molecule has 1 N–H and O–H groups in total. The molecular weight excluding hydrogens is 220 g/mol. The van der Waals surface area contributed by atoms with Crippen LogP contribution in [-0.4, -0.2) is 30.7 Å². The molecule has 2 heterocycles. The molecule has 1 aromatic carbocycles. The minimum Gasteiger partial charge on any atom is -0.378 e. The van der Waals surface area contributed by atoms with Crippen molar-refractivity contribution in [3.8, 4) is 0 Å². The van der Waals surface area contributed by atoms with Gasteiger partial charge in [0, 0.05) is 13.0 Å². The predicted octanol–water partition coefficient (Wildman–Crippen LogP) is 0.902. The van der Waals surface area contributed by atoms with Gasteiger partial charge in [0.15, 0.2) is 0 Å². The van der Waals surface area contributed by atoms with Crippen LogP contribution in [-0.2, 0) is 9.53 Å². The van der Waals surface area contributed by atoms with E-state index in [-0.39, 0.29) is 18.5 Å². The van der Waals surface area contributed by atoms with E-state index in [4.69, 9.17) is 4.74 Å². The van der Waals surface area contributed by atoms with Crippen molar-refractivity contribution in [2.24, 2.45) is 0 Å². The van der Waals surface area contributed by atoms with Crippen molar-refractivity contribution in [2.75, 3.05) is 18.1 Å². The van der Waals surface area contributed by atoms with Crippen LogP contribution in [0.3, 0.4) is 0 Å². The number of urea groups is 1. The Balaban J connectivity index is 1.97. The van der Waals surface area contributed by atoms with Crippen LogP contribution in [0.15, 0.2) is 30.3 Å². The highest BCUT2D eigenvalue weighted by molar-refractivity contribution is 6.23. The summed E-state index contributed by atoms with van der Waals surface area (Å²) in [5.41, 5.74) is -0.244. The van der Waals surface area contributed by atoms with Crippen LogP contribution in [0.2, 0.25) is 0 Å². The number of ether oxygens (including phenoxy) is 1. The summed E-state index contributed by atoms with van der Waals surface area (Å²) in [7, 11) is 0. The van der Waals surface area contributed by atoms with E-state index >= 15 is 0 Å². The van der Waals surface area contributed by atoms with Crippen LogP contribution >= 0.6 is 0 Å². The summed E-state index contributed by atoms with van der Waals surface area (Å²) in [6.45, 7) is 0.773. The lowest BCUT2D eigenvalue weighted by atomic mass is 9.99. The second-order valence-corrected chi connectivity index (χ2v) is 4.29. The molecule has 3 amide bonds. The van der Waals surface area contributed by atoms with Gasteiger partial charge in [0.2, 0.25) is 0 Å². The number of nitrogens with zero attached hydrogens (tertiary/aromatic N) is 1. The van der Waals surface area contributed by atoms with Crippen molar-refractivity contribution in [1.29, 1.82) is 0 Å². The Kier molecular flexibility index (Phi) is 2.16. The summed E-state index contributed by atoms with van der Waals surface area (Å²) in [5, 5.41) is 2.74. The van der Waals surface area contributed by atoms with Gasteiger partial charge in [0.05, 0.1) is 12.3 Å². The molecule has 5 nitrogen and oxygen atoms in total. The lowest BCUT2D eigenvalue weighted by Crippen LogP contribution is -2.47. The molecule has 1 spiro atoms. The molecule has 17 heavy (non-hydrogen) atoms. The van der Waals surface area contributed by atoms with Crippen LogP contribution < -0.4 is 10.2 Å². The maximum absolute atomic E-state index is 12.3. The largest absolute Gasteiger partial charge is 0.378 e. The number of hydrogen-bond acceptors (Lipinski definition) is 3. The minimum atomic E-state index is -0.840. The second kappa shape index (κ2) is 3.56. The van der Waals surface area contributed by atoms with Gasteiger partial charge < -0.3 is 10.1 Å². The summed E-state index contributed by atoms with van der Waals surface area (Å²) in [6.07, 6.45) is 0.543. The Hall–Kier alpha value is -1.88. The number of hydrogen-bond donors (Lipinski definition) is 1. The first kappa shape index (κ1) is 10.3. The SMILES string of the molecule is O=C1NC2(CCOC2)C(=O)N1c1ccccc1. The van der Waals surface area contributed by atoms with Gasteiger partial charge in [-0.2, -0.15) is 0 Å². The number of imide groups is 1. The zero-order chi connectivity index (χ0) is 11.9. The number of anilines is 1. The summed E-state index contributed by atoms with van der Waals surface area (Å²) in [4.78, 5) is 25.4. The van der Waals surface area contributed by atoms with E-state index < -0.39 is 5.54 Å². The number of para-hydroxylation sites is 1. The first-order chi connectivity index (χ1) is 8.23. The van der Waals surface area contributed by atoms with Gasteiger partial charge in [0.1, 0.15) is 5.54 Å². The molecular formula is C12H12N2O3. The molecule has 0 aliphatic carbocycles. The van der Waals surface area contributed by atoms with Crippen molar-refractivity contribution in [3.05, 3.63) is 30.3 Å². The van der Waals surface area contributed by atoms with E-state index in [1.54, 1.807) is 24.3 Å². The summed E-state index contributed by atoms with van der Waals surface area (Å²) in [6, 6.07) is 8.55. The number of rotatable bonds is 1. The van der Waals surface area contributed by atoms with Gasteiger partial charge in [-0.25, -0.2) is 9.69 Å². The minimum absolute atomic E-state index is 0.216. The standard InChI is InChI=1S/C12H12N2O3/c15-10-12(6-7-17-8-12)13-11(16)14(10)9-4-2-1-3-5-9/h1-5H,6-8H2,(H,13,16). The number of carbonyl (C=O) groups excluding carboxylic acids is 2. The molecule has 3 rings (SSSR count). The van der Waals surface area contributed by atoms with Gasteiger partial charge in [-0.3, -0.25) is 4.79 Å². The van der Waals surface area contributed by atoms with E-state index in [0.29, 0.717) is 18.7 Å². The third-order valence-corrected chi connectivity index (χ3v) is 3.20. The molecule has 2 fully saturated rings. The Labute approximate surface area is 98.4 Å². The normalized spacial score (nSPS) is 27.9. The highest BCUT2D eigenvalue weighted by Gasteiger charge is 2.53. The fourth-order valence-electron chi connectivity index (χ4n) is 2.26. The van der Waals surface area contributed by atoms with E-state index in [1.807, 2.05) is 6.07 Å². The highest BCUT2D eigenvalue weighted by Crippen LogP contribution is 2.30. The summed E-state index contributed by atoms with van der Waals surface area (Å²) < 4.78 is 5.22. The first-order valence-corrected chi connectivity index (χ1v) is 5.52. The molecule has 0 bridgehead atoms. The smallest absolute Gasteiger partial charge is 0.329 e. The number of carbonyl (C=O) groups is 2. The number of benzene rings is 1. The fraction of sp³-hybridized carbons (Fsp3) is 0.333. The van der Waals surface area contributed by atoms with Gasteiger partial charge >= 0.3 is 6.03 Å². The molecule has 2 aliphatic rings. The first-order valence-electron chi connectivity index (χ1n) is 5.52. The van der Waals surface area contributed by atoms with Gasteiger partial charge in [-0.1, -0.05) is 18.2 Å². The van der Waals surface area contributed by atoms with Crippen molar-refractivity contribution >= 4 is 17.6 Å². The molecule has 1 atom stereocenters. The molecule has 1 aromatic rings. The van der Waals surface area contributed by atoms with Crippen LogP contribution in [0.1, 0.15) is 6.42 Å². The Bertz CT molecular complexity index is 466. The van der Waals surface area contributed by atoms with E-state index in [0.717, 1.165) is 0 Å². The van der Waals surface area contributed by atoms with Crippen molar-refractivity contribution in [1.82, 2.24) is 5.32 Å². The van der Waals surface area contributed by atoms with E-state index in [1.165, 1.54) is 4.90 Å². The maximum Gasteiger partial charge on any atom is 0.329 e. The number of amides is 3. The molecule has 2 saturated heterocycles. The van der Waals surface area contributed by atoms with Gasteiger partial charge in [0.25, 0.3) is 5.91 Å². The van der Waals surface area contributed by atoms with E-state index in [2.05, 4.69) is 5.32 Å². The molecule has 0 saturated carbocycles. The molecule has 2 aliphatic heterocycles. The summed E-state index contributed by atoms with van der Waals surface area (Å²) >= 11 is 0. The van der Waals surface area contributed by atoms with Crippen LogP contribution in [0.4, 0.5) is 10.5 Å². The highest BCUT2D eigenvalue weighted by atomic mass is 16.5. The maximum atomic E-state index is 12.3. The van der Waals surface area contributed by atoms with Crippen LogP contribution in [0.25, 0.3) is 0 Å². The average molecular weight is 232 g/mol. The lowest BCUT2D eigenvalue weighted by molar-refractivity contribution is -0.122. The Morgan fingerprint density at radius 1 is 1.24 bits per heavy atom. The van der Waals surface area contributed by atoms with Crippen LogP contribution in [0, 0.1) is 0 Å².